The standard InChI is InChI=1S/C13H12F3N3O/c1-7(13(14,15)16)9-4-5-10(17-6-9)11-18-12(20-19-11)8-2-3-8/h4-8H,2-3H2,1H3. The number of aromatic nitrogens is 3. The van der Waals surface area contributed by atoms with Crippen LogP contribution in [0.5, 0.6) is 0 Å². The second-order valence-electron chi connectivity index (χ2n) is 4.97. The van der Waals surface area contributed by atoms with E-state index in [0.29, 0.717) is 23.3 Å². The van der Waals surface area contributed by atoms with Crippen LogP contribution in [0.25, 0.3) is 11.5 Å². The summed E-state index contributed by atoms with van der Waals surface area (Å²) in [5.74, 6) is -0.315. The van der Waals surface area contributed by atoms with E-state index in [4.69, 9.17) is 4.52 Å². The van der Waals surface area contributed by atoms with Crippen molar-refractivity contribution in [2.24, 2.45) is 0 Å². The fraction of sp³-hybridized carbons (Fsp3) is 0.462. The number of pyridine rings is 1. The average molecular weight is 283 g/mol. The van der Waals surface area contributed by atoms with Crippen molar-refractivity contribution in [3.8, 4) is 11.5 Å². The molecule has 2 aromatic rings. The minimum Gasteiger partial charge on any atom is -0.339 e. The van der Waals surface area contributed by atoms with Crippen molar-refractivity contribution < 1.29 is 17.7 Å². The zero-order valence-electron chi connectivity index (χ0n) is 10.7. The number of hydrogen-bond acceptors (Lipinski definition) is 4. The van der Waals surface area contributed by atoms with Gasteiger partial charge in [0.1, 0.15) is 5.69 Å². The predicted molar refractivity (Wildman–Crippen MR) is 64.0 cm³/mol. The first kappa shape index (κ1) is 13.1. The molecule has 0 amide bonds. The van der Waals surface area contributed by atoms with Gasteiger partial charge < -0.3 is 4.52 Å². The largest absolute Gasteiger partial charge is 0.395 e. The fourth-order valence-electron chi connectivity index (χ4n) is 1.82. The highest BCUT2D eigenvalue weighted by atomic mass is 19.4. The van der Waals surface area contributed by atoms with Crippen molar-refractivity contribution in [3.05, 3.63) is 29.8 Å². The molecule has 0 saturated heterocycles. The van der Waals surface area contributed by atoms with E-state index in [1.54, 1.807) is 0 Å². The number of rotatable bonds is 3. The lowest BCUT2D eigenvalue weighted by Gasteiger charge is -2.15. The molecule has 1 aliphatic carbocycles. The van der Waals surface area contributed by atoms with Crippen molar-refractivity contribution >= 4 is 0 Å². The zero-order valence-corrected chi connectivity index (χ0v) is 10.7. The molecule has 1 fully saturated rings. The molecule has 4 nitrogen and oxygen atoms in total. The highest BCUT2D eigenvalue weighted by Crippen LogP contribution is 2.39. The van der Waals surface area contributed by atoms with Crippen LogP contribution in [0, 0.1) is 0 Å². The number of hydrogen-bond donors (Lipinski definition) is 0. The highest BCUT2D eigenvalue weighted by Gasteiger charge is 2.37. The maximum atomic E-state index is 12.6. The van der Waals surface area contributed by atoms with Crippen LogP contribution in [0.15, 0.2) is 22.9 Å². The summed E-state index contributed by atoms with van der Waals surface area (Å²) in [5.41, 5.74) is 0.533. The van der Waals surface area contributed by atoms with Crippen LogP contribution >= 0.6 is 0 Å². The third-order valence-corrected chi connectivity index (χ3v) is 3.37. The summed E-state index contributed by atoms with van der Waals surface area (Å²) in [6.07, 6.45) is -0.983. The Balaban J connectivity index is 1.81. The average Bonchev–Trinajstić information content (AvgIpc) is 3.15. The molecule has 2 aromatic heterocycles. The van der Waals surface area contributed by atoms with Crippen molar-refractivity contribution in [2.75, 3.05) is 0 Å². The Kier molecular flexibility index (Phi) is 2.99. The SMILES string of the molecule is CC(c1ccc(-c2noc(C3CC3)n2)nc1)C(F)(F)F. The monoisotopic (exact) mass is 283 g/mol. The first-order chi connectivity index (χ1) is 9.45. The molecule has 0 aromatic carbocycles. The van der Waals surface area contributed by atoms with Gasteiger partial charge in [-0.1, -0.05) is 11.2 Å². The van der Waals surface area contributed by atoms with Gasteiger partial charge in [0.05, 0.1) is 5.92 Å². The van der Waals surface area contributed by atoms with Gasteiger partial charge in [-0.15, -0.1) is 0 Å². The van der Waals surface area contributed by atoms with Crippen LogP contribution in [0.4, 0.5) is 13.2 Å². The zero-order chi connectivity index (χ0) is 14.3. The molecule has 0 aliphatic heterocycles. The summed E-state index contributed by atoms with van der Waals surface area (Å²) < 4.78 is 42.9. The molecule has 0 bridgehead atoms. The molecule has 3 rings (SSSR count). The topological polar surface area (TPSA) is 51.8 Å². The minimum absolute atomic E-state index is 0.118. The number of alkyl halides is 3. The van der Waals surface area contributed by atoms with Crippen molar-refractivity contribution in [1.29, 1.82) is 0 Å². The van der Waals surface area contributed by atoms with E-state index in [0.717, 1.165) is 19.8 Å². The summed E-state index contributed by atoms with van der Waals surface area (Å²) in [5, 5.41) is 3.80. The van der Waals surface area contributed by atoms with E-state index in [2.05, 4.69) is 15.1 Å². The van der Waals surface area contributed by atoms with E-state index >= 15 is 0 Å². The Labute approximate surface area is 113 Å². The second kappa shape index (κ2) is 4.57. The van der Waals surface area contributed by atoms with Gasteiger partial charge >= 0.3 is 6.18 Å². The third-order valence-electron chi connectivity index (χ3n) is 3.37. The summed E-state index contributed by atoms with van der Waals surface area (Å²) in [4.78, 5) is 8.19. The molecule has 1 unspecified atom stereocenters. The lowest BCUT2D eigenvalue weighted by atomic mass is 10.0. The van der Waals surface area contributed by atoms with Gasteiger partial charge in [-0.3, -0.25) is 4.98 Å². The molecule has 0 radical (unpaired) electrons. The smallest absolute Gasteiger partial charge is 0.339 e. The molecule has 1 saturated carbocycles. The van der Waals surface area contributed by atoms with Crippen LogP contribution in [0.1, 0.15) is 43.1 Å². The maximum absolute atomic E-state index is 12.6. The quantitative estimate of drug-likeness (QED) is 0.862. The first-order valence-electron chi connectivity index (χ1n) is 6.32. The van der Waals surface area contributed by atoms with E-state index < -0.39 is 12.1 Å². The van der Waals surface area contributed by atoms with Crippen LogP contribution in [-0.2, 0) is 0 Å². The van der Waals surface area contributed by atoms with Gasteiger partial charge in [-0.25, -0.2) is 0 Å². The van der Waals surface area contributed by atoms with E-state index in [-0.39, 0.29) is 5.56 Å². The maximum Gasteiger partial charge on any atom is 0.395 e. The van der Waals surface area contributed by atoms with Gasteiger partial charge in [0.15, 0.2) is 0 Å². The summed E-state index contributed by atoms with van der Waals surface area (Å²) in [7, 11) is 0. The molecule has 20 heavy (non-hydrogen) atoms. The number of nitrogens with zero attached hydrogens (tertiary/aromatic N) is 3. The van der Waals surface area contributed by atoms with E-state index in [9.17, 15) is 13.2 Å². The van der Waals surface area contributed by atoms with E-state index in [1.165, 1.54) is 18.3 Å². The van der Waals surface area contributed by atoms with Crippen LogP contribution in [0.2, 0.25) is 0 Å². The molecule has 2 heterocycles. The van der Waals surface area contributed by atoms with Crippen LogP contribution < -0.4 is 0 Å². The Morgan fingerprint density at radius 3 is 2.60 bits per heavy atom. The van der Waals surface area contributed by atoms with E-state index in [1.807, 2.05) is 0 Å². The fourth-order valence-corrected chi connectivity index (χ4v) is 1.82. The molecule has 106 valence electrons. The van der Waals surface area contributed by atoms with Gasteiger partial charge in [0.2, 0.25) is 11.7 Å². The molecule has 7 heteroatoms. The summed E-state index contributed by atoms with van der Waals surface area (Å²) >= 11 is 0. The molecular weight excluding hydrogens is 271 g/mol. The van der Waals surface area contributed by atoms with Crippen LogP contribution in [-0.4, -0.2) is 21.3 Å². The highest BCUT2D eigenvalue weighted by molar-refractivity contribution is 5.48. The summed E-state index contributed by atoms with van der Waals surface area (Å²) in [6, 6.07) is 2.88. The Morgan fingerprint density at radius 1 is 1.30 bits per heavy atom. The van der Waals surface area contributed by atoms with Gasteiger partial charge in [0.25, 0.3) is 0 Å². The van der Waals surface area contributed by atoms with Crippen molar-refractivity contribution in [2.45, 2.75) is 37.8 Å². The lowest BCUT2D eigenvalue weighted by Crippen LogP contribution is -2.17. The van der Waals surface area contributed by atoms with Crippen molar-refractivity contribution in [1.82, 2.24) is 15.1 Å². The Morgan fingerprint density at radius 2 is 2.05 bits per heavy atom. The normalized spacial score (nSPS) is 17.2. The summed E-state index contributed by atoms with van der Waals surface area (Å²) in [6.45, 7) is 1.11. The van der Waals surface area contributed by atoms with Gasteiger partial charge in [-0.2, -0.15) is 18.2 Å². The molecular formula is C13H12F3N3O. The minimum atomic E-state index is -4.27. The second-order valence-corrected chi connectivity index (χ2v) is 4.97. The van der Waals surface area contributed by atoms with Crippen LogP contribution in [0.3, 0.4) is 0 Å². The Hall–Kier alpha value is -1.92. The third kappa shape index (κ3) is 2.52. The molecule has 1 atom stereocenters. The predicted octanol–water partition coefficient (Wildman–Crippen LogP) is 3.67. The van der Waals surface area contributed by atoms with Gasteiger partial charge in [-0.05, 0) is 31.4 Å². The Bertz CT molecular complexity index is 602. The first-order valence-corrected chi connectivity index (χ1v) is 6.32. The van der Waals surface area contributed by atoms with Crippen molar-refractivity contribution in [3.63, 3.8) is 0 Å². The molecule has 0 spiro atoms. The number of halogens is 3. The molecule has 0 N–H and O–H groups in total. The molecule has 1 aliphatic rings. The lowest BCUT2D eigenvalue weighted by molar-refractivity contribution is -0.146. The van der Waals surface area contributed by atoms with Gasteiger partial charge in [0, 0.05) is 12.1 Å².